The Balaban J connectivity index is 1.91. The van der Waals surface area contributed by atoms with Gasteiger partial charge < -0.3 is 15.2 Å². The molecule has 0 fully saturated rings. The van der Waals surface area contributed by atoms with Gasteiger partial charge in [0.05, 0.1) is 11.6 Å². The van der Waals surface area contributed by atoms with E-state index < -0.39 is 12.1 Å². The zero-order valence-electron chi connectivity index (χ0n) is 12.5. The van der Waals surface area contributed by atoms with Crippen molar-refractivity contribution in [1.29, 1.82) is 0 Å². The summed E-state index contributed by atoms with van der Waals surface area (Å²) in [6.07, 6.45) is -0.742. The Morgan fingerprint density at radius 1 is 1.48 bits per heavy atom. The number of ether oxygens (including phenoxy) is 1. The van der Waals surface area contributed by atoms with Gasteiger partial charge in [-0.05, 0) is 31.5 Å². The van der Waals surface area contributed by atoms with Crippen LogP contribution in [0.5, 0.6) is 5.75 Å². The van der Waals surface area contributed by atoms with Crippen LogP contribution in [0.15, 0.2) is 23.6 Å². The summed E-state index contributed by atoms with van der Waals surface area (Å²) in [4.78, 5) is 26.7. The van der Waals surface area contributed by atoms with Crippen LogP contribution in [0.3, 0.4) is 0 Å². The molecule has 23 heavy (non-hydrogen) atoms. The van der Waals surface area contributed by atoms with Gasteiger partial charge in [-0.15, -0.1) is 11.3 Å². The standard InChI is InChI=1S/C15H15ClN2O4S/c1-8-3-4-10(16)12(5-8)22-9(2)14(19)17-6-13-18-11(7-23-13)15(20)21/h3-5,7,9H,6H2,1-2H3,(H,17,19)(H,20,21). The van der Waals surface area contributed by atoms with E-state index in [-0.39, 0.29) is 18.1 Å². The molecule has 0 bridgehead atoms. The SMILES string of the molecule is Cc1ccc(Cl)c(OC(C)C(=O)NCc2nc(C(=O)O)cs2)c1. The van der Waals surface area contributed by atoms with Crippen molar-refractivity contribution in [2.45, 2.75) is 26.5 Å². The van der Waals surface area contributed by atoms with Crippen LogP contribution in [-0.4, -0.2) is 28.1 Å². The molecule has 1 aromatic carbocycles. The highest BCUT2D eigenvalue weighted by Crippen LogP contribution is 2.26. The van der Waals surface area contributed by atoms with Crippen LogP contribution in [0, 0.1) is 6.92 Å². The average Bonchev–Trinajstić information content (AvgIpc) is 2.97. The monoisotopic (exact) mass is 354 g/mol. The van der Waals surface area contributed by atoms with Crippen molar-refractivity contribution in [1.82, 2.24) is 10.3 Å². The maximum atomic E-state index is 12.0. The maximum absolute atomic E-state index is 12.0. The molecule has 0 aliphatic carbocycles. The predicted octanol–water partition coefficient (Wildman–Crippen LogP) is 2.89. The van der Waals surface area contributed by atoms with Crippen LogP contribution in [-0.2, 0) is 11.3 Å². The van der Waals surface area contributed by atoms with Gasteiger partial charge in [0.2, 0.25) is 0 Å². The van der Waals surface area contributed by atoms with Crippen LogP contribution >= 0.6 is 22.9 Å². The van der Waals surface area contributed by atoms with Crippen LogP contribution in [0.1, 0.15) is 28.0 Å². The summed E-state index contributed by atoms with van der Waals surface area (Å²) in [5.41, 5.74) is 0.941. The fraction of sp³-hybridized carbons (Fsp3) is 0.267. The third-order valence-electron chi connectivity index (χ3n) is 2.94. The Hall–Kier alpha value is -2.12. The molecule has 0 saturated heterocycles. The van der Waals surface area contributed by atoms with E-state index in [0.29, 0.717) is 15.8 Å². The maximum Gasteiger partial charge on any atom is 0.355 e. The van der Waals surface area contributed by atoms with Gasteiger partial charge in [0, 0.05) is 5.38 Å². The number of nitrogens with zero attached hydrogens (tertiary/aromatic N) is 1. The van der Waals surface area contributed by atoms with E-state index in [1.54, 1.807) is 19.1 Å². The normalized spacial score (nSPS) is 11.8. The van der Waals surface area contributed by atoms with Gasteiger partial charge in [0.1, 0.15) is 10.8 Å². The first kappa shape index (κ1) is 17.2. The quantitative estimate of drug-likeness (QED) is 0.832. The summed E-state index contributed by atoms with van der Waals surface area (Å²) in [5, 5.41) is 13.8. The number of benzene rings is 1. The molecule has 2 N–H and O–H groups in total. The number of rotatable bonds is 6. The molecule has 1 atom stereocenters. The first-order valence-corrected chi connectivity index (χ1v) is 8.01. The number of carbonyl (C=O) groups is 2. The number of hydrogen-bond acceptors (Lipinski definition) is 5. The molecule has 0 radical (unpaired) electrons. The summed E-state index contributed by atoms with van der Waals surface area (Å²) in [5.74, 6) is -0.990. The number of carbonyl (C=O) groups excluding carboxylic acids is 1. The number of halogens is 1. The molecule has 0 aliphatic heterocycles. The minimum Gasteiger partial charge on any atom is -0.479 e. The molecule has 122 valence electrons. The van der Waals surface area contributed by atoms with E-state index in [2.05, 4.69) is 10.3 Å². The second-order valence-corrected chi connectivity index (χ2v) is 6.19. The van der Waals surface area contributed by atoms with Crippen molar-refractivity contribution in [2.24, 2.45) is 0 Å². The van der Waals surface area contributed by atoms with Gasteiger partial charge in [-0.3, -0.25) is 4.79 Å². The molecule has 8 heteroatoms. The van der Waals surface area contributed by atoms with E-state index in [1.807, 2.05) is 13.0 Å². The number of aryl methyl sites for hydroxylation is 1. The largest absolute Gasteiger partial charge is 0.479 e. The van der Waals surface area contributed by atoms with Gasteiger partial charge in [0.25, 0.3) is 5.91 Å². The molecule has 0 saturated carbocycles. The molecule has 1 amide bonds. The molecule has 1 unspecified atom stereocenters. The molecule has 1 aromatic heterocycles. The third kappa shape index (κ3) is 4.67. The number of thiazole rings is 1. The van der Waals surface area contributed by atoms with Gasteiger partial charge in [-0.25, -0.2) is 9.78 Å². The van der Waals surface area contributed by atoms with Crippen molar-refractivity contribution in [3.63, 3.8) is 0 Å². The number of aromatic carboxylic acids is 1. The Morgan fingerprint density at radius 2 is 2.22 bits per heavy atom. The van der Waals surface area contributed by atoms with Crippen molar-refractivity contribution >= 4 is 34.8 Å². The van der Waals surface area contributed by atoms with Crippen LogP contribution < -0.4 is 10.1 Å². The molecule has 2 rings (SSSR count). The fourth-order valence-corrected chi connectivity index (χ4v) is 2.61. The Bertz CT molecular complexity index is 732. The molecule has 1 heterocycles. The summed E-state index contributed by atoms with van der Waals surface area (Å²) >= 11 is 7.20. The summed E-state index contributed by atoms with van der Waals surface area (Å²) in [6.45, 7) is 3.65. The first-order chi connectivity index (χ1) is 10.9. The van der Waals surface area contributed by atoms with E-state index in [9.17, 15) is 9.59 Å². The fourth-order valence-electron chi connectivity index (χ4n) is 1.74. The molecule has 6 nitrogen and oxygen atoms in total. The van der Waals surface area contributed by atoms with Gasteiger partial charge in [-0.1, -0.05) is 17.7 Å². The van der Waals surface area contributed by atoms with Crippen molar-refractivity contribution in [3.8, 4) is 5.75 Å². The van der Waals surface area contributed by atoms with Crippen LogP contribution in [0.25, 0.3) is 0 Å². The lowest BCUT2D eigenvalue weighted by Gasteiger charge is -2.15. The summed E-state index contributed by atoms with van der Waals surface area (Å²) in [6, 6.07) is 5.31. The van der Waals surface area contributed by atoms with E-state index in [4.69, 9.17) is 21.4 Å². The third-order valence-corrected chi connectivity index (χ3v) is 4.11. The molecule has 0 spiro atoms. The lowest BCUT2D eigenvalue weighted by Crippen LogP contribution is -2.36. The van der Waals surface area contributed by atoms with Gasteiger partial charge in [-0.2, -0.15) is 0 Å². The average molecular weight is 355 g/mol. The van der Waals surface area contributed by atoms with E-state index in [0.717, 1.165) is 5.56 Å². The van der Waals surface area contributed by atoms with Gasteiger partial charge >= 0.3 is 5.97 Å². The zero-order valence-corrected chi connectivity index (χ0v) is 14.1. The Labute approximate surface area is 142 Å². The summed E-state index contributed by atoms with van der Waals surface area (Å²) < 4.78 is 5.56. The number of amides is 1. The topological polar surface area (TPSA) is 88.5 Å². The number of hydrogen-bond donors (Lipinski definition) is 2. The molecule has 2 aromatic rings. The summed E-state index contributed by atoms with van der Waals surface area (Å²) in [7, 11) is 0. The predicted molar refractivity (Wildman–Crippen MR) is 87.2 cm³/mol. The highest BCUT2D eigenvalue weighted by molar-refractivity contribution is 7.09. The lowest BCUT2D eigenvalue weighted by atomic mass is 10.2. The first-order valence-electron chi connectivity index (χ1n) is 6.75. The molecular formula is C15H15ClN2O4S. The second kappa shape index (κ2) is 7.43. The number of carboxylic acids is 1. The number of nitrogens with one attached hydrogen (secondary N) is 1. The number of aromatic nitrogens is 1. The van der Waals surface area contributed by atoms with Crippen molar-refractivity contribution in [2.75, 3.05) is 0 Å². The number of carboxylic acid groups (broad SMARTS) is 1. The molecular weight excluding hydrogens is 340 g/mol. The minimum atomic E-state index is -1.09. The van der Waals surface area contributed by atoms with Crippen molar-refractivity contribution < 1.29 is 19.4 Å². The van der Waals surface area contributed by atoms with Crippen molar-refractivity contribution in [3.05, 3.63) is 44.9 Å². The van der Waals surface area contributed by atoms with E-state index in [1.165, 1.54) is 16.7 Å². The molecule has 0 aliphatic rings. The Morgan fingerprint density at radius 3 is 2.87 bits per heavy atom. The minimum absolute atomic E-state index is 0.0323. The smallest absolute Gasteiger partial charge is 0.355 e. The zero-order chi connectivity index (χ0) is 17.0. The van der Waals surface area contributed by atoms with Crippen LogP contribution in [0.2, 0.25) is 5.02 Å². The Kier molecular flexibility index (Phi) is 5.57. The lowest BCUT2D eigenvalue weighted by molar-refractivity contribution is -0.127. The van der Waals surface area contributed by atoms with Crippen LogP contribution in [0.4, 0.5) is 0 Å². The second-order valence-electron chi connectivity index (χ2n) is 4.84. The van der Waals surface area contributed by atoms with E-state index >= 15 is 0 Å². The highest BCUT2D eigenvalue weighted by atomic mass is 35.5. The van der Waals surface area contributed by atoms with Gasteiger partial charge in [0.15, 0.2) is 11.8 Å². The highest BCUT2D eigenvalue weighted by Gasteiger charge is 2.17.